The molecule has 0 heteroatoms. The van der Waals surface area contributed by atoms with Gasteiger partial charge in [0.2, 0.25) is 0 Å². The second-order valence-corrected chi connectivity index (χ2v) is 6.80. The third-order valence-electron chi connectivity index (χ3n) is 5.96. The Labute approximate surface area is 94.1 Å². The SMILES string of the molecule is CC1=CC[C@H]2C3C1[C@]2(C)CC[C@H]3C(C)C. The predicted molar refractivity (Wildman–Crippen MR) is 64.5 cm³/mol. The standard InChI is InChI=1S/C15H24/c1-9(2)11-7-8-15(4)12-6-5-10(3)14(15)13(11)12/h5,9,11-14H,6-8H2,1-4H3/t11-,12-,13?,14?,15+/m0/s1. The van der Waals surface area contributed by atoms with Crippen LogP contribution in [0.25, 0.3) is 0 Å². The van der Waals surface area contributed by atoms with Gasteiger partial charge in [-0.3, -0.25) is 0 Å². The lowest BCUT2D eigenvalue weighted by molar-refractivity contribution is -0.181. The maximum atomic E-state index is 2.56. The van der Waals surface area contributed by atoms with Crippen molar-refractivity contribution < 1.29 is 0 Å². The first-order chi connectivity index (χ1) is 7.05. The van der Waals surface area contributed by atoms with Crippen LogP contribution in [0.3, 0.4) is 0 Å². The van der Waals surface area contributed by atoms with Crippen molar-refractivity contribution in [3.8, 4) is 0 Å². The molecule has 0 saturated heterocycles. The van der Waals surface area contributed by atoms with E-state index in [1.54, 1.807) is 5.57 Å². The smallest absolute Gasteiger partial charge is 0.0115 e. The fourth-order valence-corrected chi connectivity index (χ4v) is 5.25. The van der Waals surface area contributed by atoms with E-state index in [2.05, 4.69) is 33.8 Å². The number of fused-ring (bicyclic) bond motifs is 1. The second-order valence-electron chi connectivity index (χ2n) is 6.80. The molecule has 2 unspecified atom stereocenters. The average Bonchev–Trinajstić information content (AvgIpc) is 2.17. The number of hydrogen-bond acceptors (Lipinski definition) is 0. The van der Waals surface area contributed by atoms with Crippen molar-refractivity contribution in [1.29, 1.82) is 0 Å². The van der Waals surface area contributed by atoms with E-state index in [-0.39, 0.29) is 0 Å². The van der Waals surface area contributed by atoms with E-state index >= 15 is 0 Å². The summed E-state index contributed by atoms with van der Waals surface area (Å²) in [4.78, 5) is 0. The highest BCUT2D eigenvalue weighted by molar-refractivity contribution is 5.28. The van der Waals surface area contributed by atoms with Gasteiger partial charge in [-0.05, 0) is 61.2 Å². The zero-order valence-corrected chi connectivity index (χ0v) is 10.6. The van der Waals surface area contributed by atoms with Crippen LogP contribution in [-0.2, 0) is 0 Å². The van der Waals surface area contributed by atoms with Gasteiger partial charge in [-0.15, -0.1) is 0 Å². The minimum atomic E-state index is 0.703. The quantitative estimate of drug-likeness (QED) is 0.559. The van der Waals surface area contributed by atoms with Crippen LogP contribution in [0.4, 0.5) is 0 Å². The van der Waals surface area contributed by atoms with E-state index in [1.165, 1.54) is 19.3 Å². The number of allylic oxidation sites excluding steroid dienone is 2. The van der Waals surface area contributed by atoms with Gasteiger partial charge in [0.05, 0.1) is 0 Å². The van der Waals surface area contributed by atoms with E-state index in [0.29, 0.717) is 5.41 Å². The molecular formula is C15H24. The highest BCUT2D eigenvalue weighted by Crippen LogP contribution is 2.71. The van der Waals surface area contributed by atoms with Crippen molar-refractivity contribution in [2.45, 2.75) is 47.0 Å². The molecule has 0 aromatic carbocycles. The highest BCUT2D eigenvalue weighted by atomic mass is 14.7. The molecule has 4 aliphatic carbocycles. The summed E-state index contributed by atoms with van der Waals surface area (Å²) in [7, 11) is 0. The van der Waals surface area contributed by atoms with Gasteiger partial charge in [-0.1, -0.05) is 32.4 Å². The summed E-state index contributed by atoms with van der Waals surface area (Å²) >= 11 is 0. The van der Waals surface area contributed by atoms with E-state index in [1.807, 2.05) is 0 Å². The molecule has 0 aromatic heterocycles. The molecule has 0 aromatic rings. The molecule has 4 aliphatic rings. The normalized spacial score (nSPS) is 52.5. The molecule has 4 bridgehead atoms. The molecule has 0 amide bonds. The molecule has 5 atom stereocenters. The summed E-state index contributed by atoms with van der Waals surface area (Å²) in [6.07, 6.45) is 6.90. The first kappa shape index (κ1) is 9.93. The van der Waals surface area contributed by atoms with Gasteiger partial charge in [-0.2, -0.15) is 0 Å². The Morgan fingerprint density at radius 2 is 2.13 bits per heavy atom. The Morgan fingerprint density at radius 3 is 2.73 bits per heavy atom. The molecular weight excluding hydrogens is 180 g/mol. The van der Waals surface area contributed by atoms with Gasteiger partial charge in [0, 0.05) is 0 Å². The molecule has 15 heavy (non-hydrogen) atoms. The minimum absolute atomic E-state index is 0.703. The third kappa shape index (κ3) is 1.04. The van der Waals surface area contributed by atoms with E-state index in [0.717, 1.165) is 29.6 Å². The summed E-state index contributed by atoms with van der Waals surface area (Å²) < 4.78 is 0. The number of rotatable bonds is 1. The summed E-state index contributed by atoms with van der Waals surface area (Å²) in [5.74, 6) is 4.96. The summed E-state index contributed by atoms with van der Waals surface area (Å²) in [5.41, 5.74) is 2.42. The molecule has 2 fully saturated rings. The number of hydrogen-bond donors (Lipinski definition) is 0. The summed E-state index contributed by atoms with van der Waals surface area (Å²) in [5, 5.41) is 0. The van der Waals surface area contributed by atoms with E-state index in [4.69, 9.17) is 0 Å². The topological polar surface area (TPSA) is 0 Å². The molecule has 2 saturated carbocycles. The Bertz CT molecular complexity index is 312. The Morgan fingerprint density at radius 1 is 1.40 bits per heavy atom. The molecule has 84 valence electrons. The van der Waals surface area contributed by atoms with Gasteiger partial charge in [0.15, 0.2) is 0 Å². The van der Waals surface area contributed by atoms with Crippen molar-refractivity contribution in [3.63, 3.8) is 0 Å². The van der Waals surface area contributed by atoms with E-state index < -0.39 is 0 Å². The fourth-order valence-electron chi connectivity index (χ4n) is 5.25. The van der Waals surface area contributed by atoms with Crippen LogP contribution in [0.2, 0.25) is 0 Å². The average molecular weight is 204 g/mol. The largest absolute Gasteiger partial charge is 0.0850 e. The predicted octanol–water partition coefficient (Wildman–Crippen LogP) is 4.27. The fraction of sp³-hybridized carbons (Fsp3) is 0.867. The van der Waals surface area contributed by atoms with Crippen LogP contribution >= 0.6 is 0 Å². The van der Waals surface area contributed by atoms with Crippen molar-refractivity contribution in [3.05, 3.63) is 11.6 Å². The van der Waals surface area contributed by atoms with Crippen LogP contribution in [-0.4, -0.2) is 0 Å². The third-order valence-corrected chi connectivity index (χ3v) is 5.96. The van der Waals surface area contributed by atoms with E-state index in [9.17, 15) is 0 Å². The van der Waals surface area contributed by atoms with Crippen LogP contribution < -0.4 is 0 Å². The maximum absolute atomic E-state index is 2.56. The van der Waals surface area contributed by atoms with Gasteiger partial charge in [-0.25, -0.2) is 0 Å². The first-order valence-electron chi connectivity index (χ1n) is 6.72. The van der Waals surface area contributed by atoms with Crippen LogP contribution in [0, 0.1) is 35.0 Å². The highest BCUT2D eigenvalue weighted by Gasteiger charge is 2.64. The minimum Gasteiger partial charge on any atom is -0.0850 e. The van der Waals surface area contributed by atoms with Gasteiger partial charge < -0.3 is 0 Å². The van der Waals surface area contributed by atoms with Gasteiger partial charge in [0.25, 0.3) is 0 Å². The lowest BCUT2D eigenvalue weighted by Crippen LogP contribution is -2.63. The van der Waals surface area contributed by atoms with Crippen molar-refractivity contribution >= 4 is 0 Å². The second kappa shape index (κ2) is 2.90. The Balaban J connectivity index is 1.95. The zero-order chi connectivity index (χ0) is 10.8. The van der Waals surface area contributed by atoms with Crippen molar-refractivity contribution in [2.75, 3.05) is 0 Å². The monoisotopic (exact) mass is 204 g/mol. The molecule has 0 heterocycles. The maximum Gasteiger partial charge on any atom is -0.0115 e. The molecule has 0 aliphatic heterocycles. The van der Waals surface area contributed by atoms with Gasteiger partial charge in [0.1, 0.15) is 0 Å². The lowest BCUT2D eigenvalue weighted by atomic mass is 9.34. The summed E-state index contributed by atoms with van der Waals surface area (Å²) in [6, 6.07) is 0. The molecule has 0 spiro atoms. The van der Waals surface area contributed by atoms with Crippen molar-refractivity contribution in [1.82, 2.24) is 0 Å². The molecule has 4 rings (SSSR count). The van der Waals surface area contributed by atoms with Gasteiger partial charge >= 0.3 is 0 Å². The Kier molecular flexibility index (Phi) is 1.92. The molecule has 0 N–H and O–H groups in total. The van der Waals surface area contributed by atoms with Crippen LogP contribution in [0.15, 0.2) is 11.6 Å². The first-order valence-corrected chi connectivity index (χ1v) is 6.72. The van der Waals surface area contributed by atoms with Crippen LogP contribution in [0.1, 0.15) is 47.0 Å². The Hall–Kier alpha value is -0.260. The zero-order valence-electron chi connectivity index (χ0n) is 10.6. The summed E-state index contributed by atoms with van der Waals surface area (Å²) in [6.45, 7) is 9.81. The molecule has 0 nitrogen and oxygen atoms in total. The van der Waals surface area contributed by atoms with Crippen LogP contribution in [0.5, 0.6) is 0 Å². The molecule has 0 radical (unpaired) electrons. The lowest BCUT2D eigenvalue weighted by Gasteiger charge is -2.70. The van der Waals surface area contributed by atoms with Crippen molar-refractivity contribution in [2.24, 2.45) is 35.0 Å².